The molecule has 8 heteroatoms. The van der Waals surface area contributed by atoms with Crippen LogP contribution in [0.4, 0.5) is 5.69 Å². The van der Waals surface area contributed by atoms with Gasteiger partial charge in [-0.1, -0.05) is 18.2 Å². The summed E-state index contributed by atoms with van der Waals surface area (Å²) in [5, 5.41) is 3.15. The predicted molar refractivity (Wildman–Crippen MR) is 121 cm³/mol. The summed E-state index contributed by atoms with van der Waals surface area (Å²) in [4.78, 5) is 55.3. The van der Waals surface area contributed by atoms with Gasteiger partial charge < -0.3 is 9.73 Å². The van der Waals surface area contributed by atoms with E-state index in [0.717, 1.165) is 4.90 Å². The van der Waals surface area contributed by atoms with Gasteiger partial charge in [-0.05, 0) is 55.5 Å². The van der Waals surface area contributed by atoms with E-state index in [4.69, 9.17) is 4.42 Å². The molecule has 2 heterocycles. The second-order valence-corrected chi connectivity index (χ2v) is 7.47. The summed E-state index contributed by atoms with van der Waals surface area (Å²) in [6.07, 6.45) is 0. The maximum atomic E-state index is 12.8. The number of carbonyl (C=O) groups excluding carboxylic acids is 3. The molecule has 1 N–H and O–H groups in total. The molecule has 0 atom stereocenters. The Morgan fingerprint density at radius 1 is 0.939 bits per heavy atom. The molecule has 0 radical (unpaired) electrons. The normalized spacial score (nSPS) is 12.8. The standard InChI is InChI=1S/C25H17N3O5/c1-2-28-23(30)17-11-10-14(13-19(17)24(28)31)21(29)26-16-7-5-6-15(12-16)22-27-20-9-4-3-8-18(20)25(32)33-22/h3-13H,2H2,1H3,(H,26,29). The minimum Gasteiger partial charge on any atom is -0.403 e. The van der Waals surface area contributed by atoms with Gasteiger partial charge in [0.25, 0.3) is 17.7 Å². The second kappa shape index (κ2) is 7.83. The Morgan fingerprint density at radius 3 is 2.55 bits per heavy atom. The third-order valence-electron chi connectivity index (χ3n) is 5.45. The first-order valence-electron chi connectivity index (χ1n) is 10.3. The van der Waals surface area contributed by atoms with Crippen molar-refractivity contribution in [3.63, 3.8) is 0 Å². The Hall–Kier alpha value is -4.59. The van der Waals surface area contributed by atoms with Crippen LogP contribution in [0, 0.1) is 0 Å². The molecular formula is C25H17N3O5. The first-order valence-corrected chi connectivity index (χ1v) is 10.3. The molecule has 162 valence electrons. The Labute approximate surface area is 187 Å². The van der Waals surface area contributed by atoms with Crippen LogP contribution in [0.5, 0.6) is 0 Å². The third-order valence-corrected chi connectivity index (χ3v) is 5.45. The summed E-state index contributed by atoms with van der Waals surface area (Å²) >= 11 is 0. The molecule has 1 aliphatic rings. The van der Waals surface area contributed by atoms with Crippen molar-refractivity contribution in [1.82, 2.24) is 9.88 Å². The first-order chi connectivity index (χ1) is 16.0. The number of hydrogen-bond donors (Lipinski definition) is 1. The average Bonchev–Trinajstić information content (AvgIpc) is 3.08. The molecule has 3 aromatic carbocycles. The lowest BCUT2D eigenvalue weighted by Crippen LogP contribution is -2.29. The number of hydrogen-bond acceptors (Lipinski definition) is 6. The fourth-order valence-electron chi connectivity index (χ4n) is 3.79. The summed E-state index contributed by atoms with van der Waals surface area (Å²) in [6.45, 7) is 1.98. The monoisotopic (exact) mass is 439 g/mol. The topological polar surface area (TPSA) is 110 Å². The summed E-state index contributed by atoms with van der Waals surface area (Å²) in [5.41, 5.74) is 1.73. The summed E-state index contributed by atoms with van der Waals surface area (Å²) in [6, 6.07) is 18.0. The highest BCUT2D eigenvalue weighted by Gasteiger charge is 2.34. The SMILES string of the molecule is CCN1C(=O)c2ccc(C(=O)Nc3cccc(-c4nc5ccccc5c(=O)o4)c3)cc2C1=O. The number of rotatable bonds is 4. The zero-order valence-corrected chi connectivity index (χ0v) is 17.5. The van der Waals surface area contributed by atoms with Gasteiger partial charge in [-0.2, -0.15) is 0 Å². The van der Waals surface area contributed by atoms with Gasteiger partial charge in [-0.25, -0.2) is 9.78 Å². The van der Waals surface area contributed by atoms with Crippen LogP contribution in [-0.4, -0.2) is 34.2 Å². The van der Waals surface area contributed by atoms with Crippen molar-refractivity contribution < 1.29 is 18.8 Å². The smallest absolute Gasteiger partial charge is 0.347 e. The Bertz CT molecular complexity index is 1520. The fourth-order valence-corrected chi connectivity index (χ4v) is 3.79. The molecule has 1 aromatic heterocycles. The van der Waals surface area contributed by atoms with Crippen LogP contribution in [0.25, 0.3) is 22.4 Å². The highest BCUT2D eigenvalue weighted by atomic mass is 16.4. The number of benzene rings is 3. The number of nitrogens with one attached hydrogen (secondary N) is 1. The molecule has 0 fully saturated rings. The van der Waals surface area contributed by atoms with E-state index < -0.39 is 17.4 Å². The van der Waals surface area contributed by atoms with Gasteiger partial charge >= 0.3 is 5.63 Å². The van der Waals surface area contributed by atoms with E-state index in [1.54, 1.807) is 55.5 Å². The molecule has 0 spiro atoms. The van der Waals surface area contributed by atoms with Crippen molar-refractivity contribution in [3.8, 4) is 11.5 Å². The number of carbonyl (C=O) groups is 3. The molecule has 4 aromatic rings. The maximum absolute atomic E-state index is 12.8. The lowest BCUT2D eigenvalue weighted by molar-refractivity contribution is 0.0662. The molecule has 8 nitrogen and oxygen atoms in total. The van der Waals surface area contributed by atoms with E-state index in [0.29, 0.717) is 22.2 Å². The number of aromatic nitrogens is 1. The third kappa shape index (κ3) is 3.47. The molecule has 1 aliphatic heterocycles. The zero-order chi connectivity index (χ0) is 23.1. The number of fused-ring (bicyclic) bond motifs is 2. The van der Waals surface area contributed by atoms with Crippen LogP contribution in [0.3, 0.4) is 0 Å². The fraction of sp³-hybridized carbons (Fsp3) is 0.0800. The summed E-state index contributed by atoms with van der Waals surface area (Å²) < 4.78 is 5.36. The highest BCUT2D eigenvalue weighted by molar-refractivity contribution is 6.22. The van der Waals surface area contributed by atoms with Crippen LogP contribution < -0.4 is 10.9 Å². The van der Waals surface area contributed by atoms with Crippen molar-refractivity contribution in [1.29, 1.82) is 0 Å². The predicted octanol–water partition coefficient (Wildman–Crippen LogP) is 3.72. The molecule has 0 saturated carbocycles. The van der Waals surface area contributed by atoms with E-state index in [1.165, 1.54) is 18.2 Å². The zero-order valence-electron chi connectivity index (χ0n) is 17.5. The molecule has 33 heavy (non-hydrogen) atoms. The van der Waals surface area contributed by atoms with Gasteiger partial charge in [0.2, 0.25) is 5.89 Å². The molecule has 0 aliphatic carbocycles. The lowest BCUT2D eigenvalue weighted by atomic mass is 10.1. The molecular weight excluding hydrogens is 422 g/mol. The first kappa shape index (κ1) is 20.3. The minimum atomic E-state index is -0.497. The van der Waals surface area contributed by atoms with Crippen LogP contribution >= 0.6 is 0 Å². The Balaban J connectivity index is 1.43. The van der Waals surface area contributed by atoms with Gasteiger partial charge in [-0.3, -0.25) is 19.3 Å². The Kier molecular flexibility index (Phi) is 4.82. The second-order valence-electron chi connectivity index (χ2n) is 7.47. The van der Waals surface area contributed by atoms with Crippen LogP contribution in [0.1, 0.15) is 38.0 Å². The van der Waals surface area contributed by atoms with Crippen molar-refractivity contribution >= 4 is 34.3 Å². The summed E-state index contributed by atoms with van der Waals surface area (Å²) in [7, 11) is 0. The molecule has 3 amide bonds. The van der Waals surface area contributed by atoms with E-state index in [1.807, 2.05) is 0 Å². The van der Waals surface area contributed by atoms with E-state index >= 15 is 0 Å². The van der Waals surface area contributed by atoms with Crippen molar-refractivity contribution in [2.24, 2.45) is 0 Å². The van der Waals surface area contributed by atoms with E-state index in [-0.39, 0.29) is 35.0 Å². The van der Waals surface area contributed by atoms with Gasteiger partial charge in [-0.15, -0.1) is 0 Å². The number of amides is 3. The largest absolute Gasteiger partial charge is 0.403 e. The van der Waals surface area contributed by atoms with E-state index in [2.05, 4.69) is 10.3 Å². The van der Waals surface area contributed by atoms with Gasteiger partial charge in [0.15, 0.2) is 0 Å². The van der Waals surface area contributed by atoms with Gasteiger partial charge in [0.1, 0.15) is 0 Å². The number of anilines is 1. The van der Waals surface area contributed by atoms with Gasteiger partial charge in [0.05, 0.1) is 22.0 Å². The molecule has 0 unspecified atom stereocenters. The Morgan fingerprint density at radius 2 is 1.73 bits per heavy atom. The molecule has 0 bridgehead atoms. The highest BCUT2D eigenvalue weighted by Crippen LogP contribution is 2.25. The number of imide groups is 1. The van der Waals surface area contributed by atoms with Crippen LogP contribution in [0.2, 0.25) is 0 Å². The minimum absolute atomic E-state index is 0.135. The van der Waals surface area contributed by atoms with Crippen LogP contribution in [0.15, 0.2) is 75.9 Å². The van der Waals surface area contributed by atoms with E-state index in [9.17, 15) is 19.2 Å². The lowest BCUT2D eigenvalue weighted by Gasteiger charge is -2.09. The quantitative estimate of drug-likeness (QED) is 0.486. The van der Waals surface area contributed by atoms with Crippen molar-refractivity contribution in [2.45, 2.75) is 6.92 Å². The van der Waals surface area contributed by atoms with Crippen molar-refractivity contribution in [3.05, 3.63) is 93.8 Å². The maximum Gasteiger partial charge on any atom is 0.347 e. The molecule has 5 rings (SSSR count). The average molecular weight is 439 g/mol. The van der Waals surface area contributed by atoms with Crippen molar-refractivity contribution in [2.75, 3.05) is 11.9 Å². The summed E-state index contributed by atoms with van der Waals surface area (Å²) in [5.74, 6) is -1.08. The van der Waals surface area contributed by atoms with Crippen LogP contribution in [-0.2, 0) is 0 Å². The molecule has 0 saturated heterocycles. The number of nitrogens with zero attached hydrogens (tertiary/aromatic N) is 2. The number of para-hydroxylation sites is 1. The van der Waals surface area contributed by atoms with Gasteiger partial charge in [0, 0.05) is 23.4 Å².